The van der Waals surface area contributed by atoms with E-state index in [0.717, 1.165) is 29.0 Å². The second-order valence-electron chi connectivity index (χ2n) is 4.87. The van der Waals surface area contributed by atoms with E-state index in [4.69, 9.17) is 10.3 Å². The van der Waals surface area contributed by atoms with Gasteiger partial charge in [-0.25, -0.2) is 0 Å². The first-order chi connectivity index (χ1) is 8.54. The van der Waals surface area contributed by atoms with Crippen LogP contribution in [0.2, 0.25) is 0 Å². The minimum atomic E-state index is 0.610. The molecule has 0 saturated heterocycles. The lowest BCUT2D eigenvalue weighted by molar-refractivity contribution is 0.426. The Morgan fingerprint density at radius 1 is 1.06 bits per heavy atom. The molecule has 2 N–H and O–H groups in total. The zero-order valence-electron chi connectivity index (χ0n) is 11.5. The Kier molecular flexibility index (Phi) is 3.53. The molecule has 3 heteroatoms. The molecule has 96 valence electrons. The third-order valence-electron chi connectivity index (χ3n) is 3.46. The van der Waals surface area contributed by atoms with E-state index in [1.165, 1.54) is 16.7 Å². The molecule has 0 radical (unpaired) electrons. The van der Waals surface area contributed by atoms with Gasteiger partial charge in [-0.3, -0.25) is 0 Å². The van der Waals surface area contributed by atoms with Gasteiger partial charge in [0, 0.05) is 11.1 Å². The molecule has 1 heterocycles. The maximum absolute atomic E-state index is 5.66. The number of rotatable bonds is 3. The van der Waals surface area contributed by atoms with Gasteiger partial charge in [-0.2, -0.15) is 0 Å². The number of nitrogens with two attached hydrogens (primary N) is 1. The Labute approximate surface area is 108 Å². The molecule has 0 aliphatic rings. The lowest BCUT2D eigenvalue weighted by atomic mass is 9.96. The molecule has 0 aliphatic heterocycles. The molecule has 0 fully saturated rings. The summed E-state index contributed by atoms with van der Waals surface area (Å²) >= 11 is 0. The molecule has 0 unspecified atom stereocenters. The minimum absolute atomic E-state index is 0.610. The van der Waals surface area contributed by atoms with E-state index in [2.05, 4.69) is 38.1 Å². The molecule has 0 aliphatic carbocycles. The molecular weight excluding hydrogens is 224 g/mol. The van der Waals surface area contributed by atoms with E-state index < -0.39 is 0 Å². The zero-order chi connectivity index (χ0) is 13.3. The Morgan fingerprint density at radius 3 is 2.39 bits per heavy atom. The topological polar surface area (TPSA) is 52.0 Å². The highest BCUT2D eigenvalue weighted by atomic mass is 16.5. The summed E-state index contributed by atoms with van der Waals surface area (Å²) in [6.07, 6.45) is 0.803. The Balaban J connectivity index is 2.58. The molecule has 0 bridgehead atoms. The van der Waals surface area contributed by atoms with E-state index >= 15 is 0 Å². The summed E-state index contributed by atoms with van der Waals surface area (Å²) in [6, 6.07) is 4.36. The van der Waals surface area contributed by atoms with Gasteiger partial charge in [0.1, 0.15) is 0 Å². The maximum Gasteiger partial charge on any atom is 0.170 e. The lowest BCUT2D eigenvalue weighted by Crippen LogP contribution is -2.04. The molecule has 3 nitrogen and oxygen atoms in total. The number of hydrogen-bond donors (Lipinski definition) is 1. The molecular formula is C15H20N2O. The monoisotopic (exact) mass is 244 g/mol. The average Bonchev–Trinajstić information content (AvgIpc) is 2.67. The van der Waals surface area contributed by atoms with Crippen molar-refractivity contribution < 1.29 is 4.52 Å². The SMILES string of the molecule is Cc1cc(C)c(-c2onc(C)c2CCN)cc1C. The van der Waals surface area contributed by atoms with E-state index in [0.29, 0.717) is 6.54 Å². The zero-order valence-corrected chi connectivity index (χ0v) is 11.5. The van der Waals surface area contributed by atoms with Crippen LogP contribution in [0.25, 0.3) is 11.3 Å². The fourth-order valence-corrected chi connectivity index (χ4v) is 2.24. The van der Waals surface area contributed by atoms with Gasteiger partial charge < -0.3 is 10.3 Å². The van der Waals surface area contributed by atoms with Gasteiger partial charge in [-0.1, -0.05) is 11.2 Å². The predicted octanol–water partition coefficient (Wildman–Crippen LogP) is 3.08. The van der Waals surface area contributed by atoms with Crippen LogP contribution in [0.5, 0.6) is 0 Å². The van der Waals surface area contributed by atoms with E-state index in [-0.39, 0.29) is 0 Å². The van der Waals surface area contributed by atoms with Crippen molar-refractivity contribution in [2.45, 2.75) is 34.1 Å². The van der Waals surface area contributed by atoms with Crippen molar-refractivity contribution in [2.24, 2.45) is 5.73 Å². The summed E-state index contributed by atoms with van der Waals surface area (Å²) in [7, 11) is 0. The van der Waals surface area contributed by atoms with Gasteiger partial charge in [0.2, 0.25) is 0 Å². The van der Waals surface area contributed by atoms with Crippen molar-refractivity contribution in [3.8, 4) is 11.3 Å². The third kappa shape index (κ3) is 2.18. The quantitative estimate of drug-likeness (QED) is 0.902. The second kappa shape index (κ2) is 4.94. The standard InChI is InChI=1S/C15H20N2O/c1-9-7-11(3)14(8-10(9)2)15-13(5-6-16)12(4)17-18-15/h7-8H,5-6,16H2,1-4H3. The van der Waals surface area contributed by atoms with Crippen LogP contribution in [0.15, 0.2) is 16.7 Å². The second-order valence-corrected chi connectivity index (χ2v) is 4.87. The highest BCUT2D eigenvalue weighted by Gasteiger charge is 2.16. The fourth-order valence-electron chi connectivity index (χ4n) is 2.24. The highest BCUT2D eigenvalue weighted by molar-refractivity contribution is 5.67. The lowest BCUT2D eigenvalue weighted by Gasteiger charge is -2.08. The van der Waals surface area contributed by atoms with Crippen molar-refractivity contribution in [1.29, 1.82) is 0 Å². The summed E-state index contributed by atoms with van der Waals surface area (Å²) in [4.78, 5) is 0. The number of hydrogen-bond acceptors (Lipinski definition) is 3. The molecule has 1 aromatic heterocycles. The van der Waals surface area contributed by atoms with Crippen molar-refractivity contribution >= 4 is 0 Å². The predicted molar refractivity (Wildman–Crippen MR) is 73.6 cm³/mol. The summed E-state index contributed by atoms with van der Waals surface area (Å²) in [5.74, 6) is 0.874. The number of aromatic nitrogens is 1. The van der Waals surface area contributed by atoms with E-state index in [1.54, 1.807) is 0 Å². The highest BCUT2D eigenvalue weighted by Crippen LogP contribution is 2.31. The fraction of sp³-hybridized carbons (Fsp3) is 0.400. The first-order valence-electron chi connectivity index (χ1n) is 6.28. The van der Waals surface area contributed by atoms with Crippen molar-refractivity contribution in [3.63, 3.8) is 0 Å². The Morgan fingerprint density at radius 2 is 1.72 bits per heavy atom. The average molecular weight is 244 g/mol. The first kappa shape index (κ1) is 12.8. The van der Waals surface area contributed by atoms with Crippen LogP contribution < -0.4 is 5.73 Å². The number of nitrogens with zero attached hydrogens (tertiary/aromatic N) is 1. The van der Waals surface area contributed by atoms with Crippen LogP contribution in [0.4, 0.5) is 0 Å². The van der Waals surface area contributed by atoms with Gasteiger partial charge in [-0.05, 0) is 63.4 Å². The summed E-state index contributed by atoms with van der Waals surface area (Å²) in [6.45, 7) is 8.92. The van der Waals surface area contributed by atoms with Crippen molar-refractivity contribution in [2.75, 3.05) is 6.54 Å². The van der Waals surface area contributed by atoms with Crippen LogP contribution >= 0.6 is 0 Å². The van der Waals surface area contributed by atoms with Gasteiger partial charge in [0.25, 0.3) is 0 Å². The van der Waals surface area contributed by atoms with E-state index in [9.17, 15) is 0 Å². The maximum atomic E-state index is 5.66. The van der Waals surface area contributed by atoms with Gasteiger partial charge in [-0.15, -0.1) is 0 Å². The Hall–Kier alpha value is -1.61. The molecule has 0 saturated carbocycles. The molecule has 2 aromatic rings. The van der Waals surface area contributed by atoms with Gasteiger partial charge in [0.15, 0.2) is 5.76 Å². The Bertz CT molecular complexity index is 570. The van der Waals surface area contributed by atoms with Gasteiger partial charge in [0.05, 0.1) is 5.69 Å². The molecule has 18 heavy (non-hydrogen) atoms. The van der Waals surface area contributed by atoms with Crippen LogP contribution in [0.3, 0.4) is 0 Å². The molecule has 2 rings (SSSR count). The molecule has 0 spiro atoms. The largest absolute Gasteiger partial charge is 0.356 e. The normalized spacial score (nSPS) is 10.9. The minimum Gasteiger partial charge on any atom is -0.356 e. The van der Waals surface area contributed by atoms with Gasteiger partial charge >= 0.3 is 0 Å². The first-order valence-corrected chi connectivity index (χ1v) is 6.28. The molecule has 0 atom stereocenters. The molecule has 0 amide bonds. The molecule has 1 aromatic carbocycles. The van der Waals surface area contributed by atoms with Crippen molar-refractivity contribution in [1.82, 2.24) is 5.16 Å². The summed E-state index contributed by atoms with van der Waals surface area (Å²) < 4.78 is 5.50. The van der Waals surface area contributed by atoms with Crippen LogP contribution in [-0.2, 0) is 6.42 Å². The van der Waals surface area contributed by atoms with E-state index in [1.807, 2.05) is 6.92 Å². The van der Waals surface area contributed by atoms with Crippen LogP contribution in [-0.4, -0.2) is 11.7 Å². The van der Waals surface area contributed by atoms with Crippen molar-refractivity contribution in [3.05, 3.63) is 40.1 Å². The van der Waals surface area contributed by atoms with Crippen LogP contribution in [0, 0.1) is 27.7 Å². The third-order valence-corrected chi connectivity index (χ3v) is 3.46. The number of aryl methyl sites for hydroxylation is 4. The number of benzene rings is 1. The smallest absolute Gasteiger partial charge is 0.170 e. The summed E-state index contributed by atoms with van der Waals surface area (Å²) in [5, 5.41) is 4.07. The van der Waals surface area contributed by atoms with Crippen LogP contribution in [0.1, 0.15) is 27.9 Å². The summed E-state index contributed by atoms with van der Waals surface area (Å²) in [5.41, 5.74) is 12.6.